The van der Waals surface area contributed by atoms with E-state index in [0.29, 0.717) is 10.7 Å². The Morgan fingerprint density at radius 1 is 1.35 bits per heavy atom. The number of nitrogens with one attached hydrogen (secondary N) is 2. The molecule has 2 N–H and O–H groups in total. The lowest BCUT2D eigenvalue weighted by Gasteiger charge is -2.06. The monoisotopic (exact) mass is 398 g/mol. The topological polar surface area (TPSA) is 84.5 Å². The van der Waals surface area contributed by atoms with Gasteiger partial charge in [0.05, 0.1) is 18.1 Å². The molecule has 122 valence electrons. The molecule has 1 saturated heterocycles. The highest BCUT2D eigenvalue weighted by Crippen LogP contribution is 2.33. The van der Waals surface area contributed by atoms with Crippen LogP contribution >= 0.6 is 27.7 Å². The quantitative estimate of drug-likeness (QED) is 0.587. The summed E-state index contributed by atoms with van der Waals surface area (Å²) in [5.41, 5.74) is 0.646. The Hall–Kier alpha value is -1.80. The number of ether oxygens (including phenoxy) is 1. The molecule has 2 amide bonds. The maximum absolute atomic E-state index is 12.2. The number of hydrogen-bond acceptors (Lipinski definition) is 5. The van der Waals surface area contributed by atoms with E-state index in [9.17, 15) is 14.4 Å². The molecule has 6 nitrogen and oxygen atoms in total. The van der Waals surface area contributed by atoms with E-state index in [2.05, 4.69) is 26.6 Å². The van der Waals surface area contributed by atoms with Gasteiger partial charge in [-0.3, -0.25) is 14.4 Å². The fourth-order valence-electron chi connectivity index (χ4n) is 1.84. The summed E-state index contributed by atoms with van der Waals surface area (Å²) in [6.45, 7) is 1.97. The Bertz CT molecular complexity index is 648. The third-order valence-corrected chi connectivity index (χ3v) is 5.10. The Labute approximate surface area is 146 Å². The minimum Gasteiger partial charge on any atom is -0.466 e. The summed E-state index contributed by atoms with van der Waals surface area (Å²) in [6, 6.07) is 8.96. The van der Waals surface area contributed by atoms with Gasteiger partial charge in [0.25, 0.3) is 5.91 Å². The smallest absolute Gasteiger partial charge is 0.307 e. The largest absolute Gasteiger partial charge is 0.466 e. The van der Waals surface area contributed by atoms with Gasteiger partial charge in [0.15, 0.2) is 0 Å². The summed E-state index contributed by atoms with van der Waals surface area (Å²) >= 11 is 4.33. The molecule has 1 aromatic carbocycles. The lowest BCUT2D eigenvalue weighted by molar-refractivity contribution is -0.144. The summed E-state index contributed by atoms with van der Waals surface area (Å²) in [6.07, 6.45) is -0.0333. The average Bonchev–Trinajstić information content (AvgIpc) is 2.88. The third kappa shape index (κ3) is 4.84. The number of anilines is 1. The van der Waals surface area contributed by atoms with Crippen molar-refractivity contribution in [2.24, 2.45) is 0 Å². The Kier molecular flexibility index (Phi) is 6.23. The number of amides is 2. The lowest BCUT2D eigenvalue weighted by Crippen LogP contribution is -2.25. The van der Waals surface area contributed by atoms with Gasteiger partial charge in [-0.15, -0.1) is 0 Å². The molecule has 1 aliphatic heterocycles. The first-order chi connectivity index (χ1) is 11.0. The lowest BCUT2D eigenvalue weighted by atomic mass is 10.3. The van der Waals surface area contributed by atoms with Crippen LogP contribution in [0.5, 0.6) is 0 Å². The van der Waals surface area contributed by atoms with E-state index in [1.165, 1.54) is 0 Å². The van der Waals surface area contributed by atoms with Crippen molar-refractivity contribution in [3.63, 3.8) is 0 Å². The Morgan fingerprint density at radius 3 is 2.70 bits per heavy atom. The second kappa shape index (κ2) is 8.16. The highest BCUT2D eigenvalue weighted by atomic mass is 79.9. The minimum absolute atomic E-state index is 0.0333. The fourth-order valence-corrected chi connectivity index (χ4v) is 3.34. The Morgan fingerprint density at radius 2 is 2.04 bits per heavy atom. The van der Waals surface area contributed by atoms with E-state index in [1.807, 2.05) is 6.07 Å². The van der Waals surface area contributed by atoms with Crippen LogP contribution in [0.2, 0.25) is 0 Å². The van der Waals surface area contributed by atoms with Gasteiger partial charge >= 0.3 is 5.97 Å². The van der Waals surface area contributed by atoms with Gasteiger partial charge < -0.3 is 15.4 Å². The molecule has 1 heterocycles. The number of hydrogen-bond donors (Lipinski definition) is 2. The minimum atomic E-state index is -0.596. The van der Waals surface area contributed by atoms with Crippen molar-refractivity contribution < 1.29 is 19.1 Å². The first-order valence-electron chi connectivity index (χ1n) is 6.90. The van der Waals surface area contributed by atoms with Crippen molar-refractivity contribution >= 4 is 51.2 Å². The van der Waals surface area contributed by atoms with Crippen LogP contribution in [0.15, 0.2) is 39.8 Å². The predicted molar refractivity (Wildman–Crippen MR) is 91.8 cm³/mol. The number of thioether (sulfide) groups is 1. The molecule has 1 fully saturated rings. The van der Waals surface area contributed by atoms with Crippen molar-refractivity contribution in [2.75, 3.05) is 11.9 Å². The van der Waals surface area contributed by atoms with Gasteiger partial charge in [0.1, 0.15) is 9.73 Å². The maximum Gasteiger partial charge on any atom is 0.307 e. The van der Waals surface area contributed by atoms with Crippen molar-refractivity contribution in [3.05, 3.63) is 39.8 Å². The van der Waals surface area contributed by atoms with Crippen molar-refractivity contribution in [1.29, 1.82) is 0 Å². The number of carbonyl (C=O) groups is 3. The van der Waals surface area contributed by atoms with Crippen LogP contribution in [0, 0.1) is 0 Å². The summed E-state index contributed by atoms with van der Waals surface area (Å²) in [5, 5.41) is 5.11. The second-order valence-corrected chi connectivity index (χ2v) is 6.57. The molecule has 1 unspecified atom stereocenters. The maximum atomic E-state index is 12.2. The molecule has 0 aromatic heterocycles. The van der Waals surface area contributed by atoms with Crippen LogP contribution in [0.3, 0.4) is 0 Å². The standard InChI is InChI=1S/C15H15BrN2O4S/c1-2-22-11(19)8-10-13(20)18-15(23-10)12(16)14(21)17-9-6-4-3-5-7-9/h3-7,10H,2,8H2,1H3,(H,17,21)(H,18,20)/b15-12+. The number of esters is 1. The molecule has 23 heavy (non-hydrogen) atoms. The molecule has 1 atom stereocenters. The van der Waals surface area contributed by atoms with Crippen LogP contribution in [0.25, 0.3) is 0 Å². The summed E-state index contributed by atoms with van der Waals surface area (Å²) in [5.74, 6) is -1.13. The number of rotatable bonds is 5. The second-order valence-electron chi connectivity index (χ2n) is 4.57. The molecule has 0 bridgehead atoms. The first-order valence-corrected chi connectivity index (χ1v) is 8.57. The number of carbonyl (C=O) groups excluding carboxylic acids is 3. The zero-order valence-corrected chi connectivity index (χ0v) is 14.7. The molecule has 1 aliphatic rings. The van der Waals surface area contributed by atoms with Crippen molar-refractivity contribution in [2.45, 2.75) is 18.6 Å². The van der Waals surface area contributed by atoms with Gasteiger partial charge in [-0.25, -0.2) is 0 Å². The van der Waals surface area contributed by atoms with Gasteiger partial charge in [-0.05, 0) is 35.0 Å². The zero-order chi connectivity index (χ0) is 16.8. The molecule has 2 rings (SSSR count). The fraction of sp³-hybridized carbons (Fsp3) is 0.267. The van der Waals surface area contributed by atoms with Crippen LogP contribution in [-0.2, 0) is 19.1 Å². The predicted octanol–water partition coefficient (Wildman–Crippen LogP) is 2.37. The molecule has 1 aromatic rings. The molecule has 0 aliphatic carbocycles. The van der Waals surface area contributed by atoms with Gasteiger partial charge in [0.2, 0.25) is 5.91 Å². The first kappa shape index (κ1) is 17.6. The van der Waals surface area contributed by atoms with Crippen molar-refractivity contribution in [3.8, 4) is 0 Å². The van der Waals surface area contributed by atoms with E-state index in [-0.39, 0.29) is 29.3 Å². The third-order valence-electron chi connectivity index (χ3n) is 2.88. The van der Waals surface area contributed by atoms with E-state index in [1.54, 1.807) is 31.2 Å². The van der Waals surface area contributed by atoms with Gasteiger partial charge in [-0.2, -0.15) is 0 Å². The molecule has 8 heteroatoms. The number of halogens is 1. The molecule has 0 saturated carbocycles. The molecular weight excluding hydrogens is 384 g/mol. The summed E-state index contributed by atoms with van der Waals surface area (Å²) in [4.78, 5) is 35.5. The van der Waals surface area contributed by atoms with E-state index in [0.717, 1.165) is 11.8 Å². The SMILES string of the molecule is CCOC(=O)CC1S/C(=C(/Br)C(=O)Nc2ccccc2)NC1=O. The van der Waals surface area contributed by atoms with E-state index in [4.69, 9.17) is 4.74 Å². The number of para-hydroxylation sites is 1. The van der Waals surface area contributed by atoms with Crippen LogP contribution in [0.4, 0.5) is 5.69 Å². The van der Waals surface area contributed by atoms with Crippen LogP contribution in [0.1, 0.15) is 13.3 Å². The molecule has 0 radical (unpaired) electrons. The molecular formula is C15H15BrN2O4S. The highest BCUT2D eigenvalue weighted by Gasteiger charge is 2.34. The summed E-state index contributed by atoms with van der Waals surface area (Å²) < 4.78 is 5.05. The Balaban J connectivity index is 2.02. The zero-order valence-electron chi connectivity index (χ0n) is 12.3. The van der Waals surface area contributed by atoms with E-state index < -0.39 is 11.2 Å². The summed E-state index contributed by atoms with van der Waals surface area (Å²) in [7, 11) is 0. The van der Waals surface area contributed by atoms with Crippen LogP contribution < -0.4 is 10.6 Å². The number of benzene rings is 1. The normalized spacial score (nSPS) is 19.0. The highest BCUT2D eigenvalue weighted by molar-refractivity contribution is 9.12. The van der Waals surface area contributed by atoms with Gasteiger partial charge in [-0.1, -0.05) is 30.0 Å². The van der Waals surface area contributed by atoms with Crippen molar-refractivity contribution in [1.82, 2.24) is 5.32 Å². The van der Waals surface area contributed by atoms with E-state index >= 15 is 0 Å². The average molecular weight is 399 g/mol. The van der Waals surface area contributed by atoms with Gasteiger partial charge in [0, 0.05) is 5.69 Å². The molecule has 0 spiro atoms. The van der Waals surface area contributed by atoms with Crippen LogP contribution in [-0.4, -0.2) is 29.6 Å².